The third kappa shape index (κ3) is 2.28. The Balaban J connectivity index is 0.00000120. The van der Waals surface area contributed by atoms with Gasteiger partial charge in [-0.3, -0.25) is 9.97 Å². The molecule has 0 aliphatic heterocycles. The quantitative estimate of drug-likeness (QED) is 0.603. The molecule has 0 saturated carbocycles. The summed E-state index contributed by atoms with van der Waals surface area (Å²) in [5, 5.41) is 0. The Kier molecular flexibility index (Phi) is 3.74. The molecule has 93 valence electrons. The molecule has 1 radical (unpaired) electrons. The van der Waals surface area contributed by atoms with Crippen molar-refractivity contribution in [3.63, 3.8) is 0 Å². The molecule has 0 bridgehead atoms. The van der Waals surface area contributed by atoms with E-state index in [1.165, 1.54) is 0 Å². The summed E-state index contributed by atoms with van der Waals surface area (Å²) < 4.78 is 7.19. The Morgan fingerprint density at radius 2 is 2.00 bits per heavy atom. The molecule has 0 spiro atoms. The van der Waals surface area contributed by atoms with Gasteiger partial charge in [0.1, 0.15) is 5.89 Å². The van der Waals surface area contributed by atoms with Crippen molar-refractivity contribution in [3.8, 4) is 22.6 Å². The van der Waals surface area contributed by atoms with Crippen LogP contribution in [0.5, 0.6) is 0 Å². The number of rotatable bonds is 2. The fourth-order valence-corrected chi connectivity index (χ4v) is 1.79. The van der Waals surface area contributed by atoms with Gasteiger partial charge in [0, 0.05) is 32.5 Å². The predicted octanol–water partition coefficient (Wildman–Crippen LogP) is 2.54. The van der Waals surface area contributed by atoms with Crippen LogP contribution < -0.4 is 0 Å². The third-order valence-electron chi connectivity index (χ3n) is 2.52. The van der Waals surface area contributed by atoms with Crippen LogP contribution in [0.2, 0.25) is 0 Å². The minimum atomic E-state index is 0. The first-order valence-corrected chi connectivity index (χ1v) is 5.23. The second-order valence-corrected chi connectivity index (χ2v) is 3.71. The molecule has 3 heterocycles. The van der Waals surface area contributed by atoms with E-state index < -0.39 is 0 Å². The molecule has 0 amide bonds. The summed E-state index contributed by atoms with van der Waals surface area (Å²) in [5.74, 6) is 0.581. The Morgan fingerprint density at radius 3 is 2.67 bits per heavy atom. The van der Waals surface area contributed by atoms with E-state index in [-0.39, 0.29) is 20.1 Å². The largest absolute Gasteiger partial charge is 0.489 e. The van der Waals surface area contributed by atoms with Crippen LogP contribution >= 0.6 is 0 Å². The van der Waals surface area contributed by atoms with E-state index in [0.717, 1.165) is 16.7 Å². The fraction of sp³-hybridized carbons (Fsp3) is 0.0769. The summed E-state index contributed by atoms with van der Waals surface area (Å²) in [7, 11) is 1.93. The number of pyridine rings is 1. The molecule has 0 saturated heterocycles. The standard InChI is InChI=1S/C13H10N3O.Ir/c1-16-8-11(10-2-4-14-5-3-10)12(9-16)13-15-6-7-17-13;/h2-8H,1H3;/q-1;. The Morgan fingerprint density at radius 1 is 1.22 bits per heavy atom. The first kappa shape index (κ1) is 12.7. The molecule has 5 heteroatoms. The van der Waals surface area contributed by atoms with Crippen molar-refractivity contribution < 1.29 is 24.5 Å². The second kappa shape index (κ2) is 5.29. The van der Waals surface area contributed by atoms with E-state index in [4.69, 9.17) is 4.42 Å². The van der Waals surface area contributed by atoms with Gasteiger partial charge in [0.15, 0.2) is 0 Å². The van der Waals surface area contributed by atoms with Crippen LogP contribution in [0.15, 0.2) is 47.6 Å². The summed E-state index contributed by atoms with van der Waals surface area (Å²) in [5.41, 5.74) is 2.98. The summed E-state index contributed by atoms with van der Waals surface area (Å²) in [6.07, 6.45) is 11.9. The number of hydrogen-bond donors (Lipinski definition) is 0. The van der Waals surface area contributed by atoms with E-state index >= 15 is 0 Å². The zero-order chi connectivity index (χ0) is 11.7. The van der Waals surface area contributed by atoms with Gasteiger partial charge < -0.3 is 8.98 Å². The van der Waals surface area contributed by atoms with Crippen molar-refractivity contribution in [2.45, 2.75) is 0 Å². The van der Waals surface area contributed by atoms with E-state index in [9.17, 15) is 0 Å². The SMILES string of the molecule is Cn1[c-]c(-c2ncco2)c(-c2ccncc2)c1.[Ir]. The number of aryl methyl sites for hydroxylation is 1. The maximum absolute atomic E-state index is 5.32. The predicted molar refractivity (Wildman–Crippen MR) is 63.0 cm³/mol. The summed E-state index contributed by atoms with van der Waals surface area (Å²) in [6, 6.07) is 3.91. The number of nitrogens with zero attached hydrogens (tertiary/aromatic N) is 3. The minimum absolute atomic E-state index is 0. The fourth-order valence-electron chi connectivity index (χ4n) is 1.79. The second-order valence-electron chi connectivity index (χ2n) is 3.71. The topological polar surface area (TPSA) is 43.9 Å². The molecular weight excluding hydrogens is 406 g/mol. The van der Waals surface area contributed by atoms with E-state index in [1.54, 1.807) is 24.9 Å². The van der Waals surface area contributed by atoms with Gasteiger partial charge in [-0.15, -0.1) is 11.8 Å². The van der Waals surface area contributed by atoms with Crippen molar-refractivity contribution in [3.05, 3.63) is 49.4 Å². The van der Waals surface area contributed by atoms with Crippen molar-refractivity contribution >= 4 is 0 Å². The normalized spacial score (nSPS) is 10.1. The van der Waals surface area contributed by atoms with Gasteiger partial charge in [0.2, 0.25) is 0 Å². The molecule has 3 rings (SSSR count). The smallest absolute Gasteiger partial charge is 0.141 e. The Hall–Kier alpha value is -1.71. The molecule has 0 fully saturated rings. The first-order chi connectivity index (χ1) is 8.34. The maximum atomic E-state index is 5.32. The molecule has 3 aromatic rings. The monoisotopic (exact) mass is 417 g/mol. The molecule has 18 heavy (non-hydrogen) atoms. The van der Waals surface area contributed by atoms with Crippen LogP contribution in [0.1, 0.15) is 0 Å². The molecular formula is C13H10IrN3O-. The average molecular weight is 416 g/mol. The maximum Gasteiger partial charge on any atom is 0.141 e. The van der Waals surface area contributed by atoms with E-state index in [2.05, 4.69) is 16.2 Å². The van der Waals surface area contributed by atoms with Crippen LogP contribution in [-0.4, -0.2) is 14.5 Å². The summed E-state index contributed by atoms with van der Waals surface area (Å²) >= 11 is 0. The van der Waals surface area contributed by atoms with Gasteiger partial charge >= 0.3 is 0 Å². The molecule has 0 unspecified atom stereocenters. The zero-order valence-corrected chi connectivity index (χ0v) is 12.0. The summed E-state index contributed by atoms with van der Waals surface area (Å²) in [4.78, 5) is 8.17. The molecule has 0 aromatic carbocycles. The molecule has 0 N–H and O–H groups in total. The summed E-state index contributed by atoms with van der Waals surface area (Å²) in [6.45, 7) is 0. The van der Waals surface area contributed by atoms with Crippen molar-refractivity contribution in [1.82, 2.24) is 14.5 Å². The van der Waals surface area contributed by atoms with Crippen molar-refractivity contribution in [2.75, 3.05) is 0 Å². The average Bonchev–Trinajstić information content (AvgIpc) is 2.98. The molecule has 0 aliphatic rings. The van der Waals surface area contributed by atoms with Crippen molar-refractivity contribution in [2.24, 2.45) is 7.05 Å². The number of hydrogen-bond acceptors (Lipinski definition) is 3. The van der Waals surface area contributed by atoms with Crippen LogP contribution in [0.4, 0.5) is 0 Å². The van der Waals surface area contributed by atoms with E-state index in [1.807, 2.05) is 29.9 Å². The molecule has 0 atom stereocenters. The van der Waals surface area contributed by atoms with Crippen LogP contribution in [0.3, 0.4) is 0 Å². The Labute approximate surface area is 118 Å². The Bertz CT molecular complexity index is 617. The minimum Gasteiger partial charge on any atom is -0.489 e. The molecule has 3 aromatic heterocycles. The zero-order valence-electron chi connectivity index (χ0n) is 9.62. The van der Waals surface area contributed by atoms with Gasteiger partial charge in [-0.1, -0.05) is 17.3 Å². The van der Waals surface area contributed by atoms with Crippen molar-refractivity contribution in [1.29, 1.82) is 0 Å². The first-order valence-electron chi connectivity index (χ1n) is 5.23. The third-order valence-corrected chi connectivity index (χ3v) is 2.52. The van der Waals surface area contributed by atoms with Gasteiger partial charge in [-0.2, -0.15) is 0 Å². The van der Waals surface area contributed by atoms with Crippen LogP contribution in [0, 0.1) is 6.20 Å². The van der Waals surface area contributed by atoms with Gasteiger partial charge in [-0.25, -0.2) is 0 Å². The van der Waals surface area contributed by atoms with E-state index in [0.29, 0.717) is 5.89 Å². The molecule has 0 aliphatic carbocycles. The molecule has 4 nitrogen and oxygen atoms in total. The number of oxazole rings is 1. The van der Waals surface area contributed by atoms with Gasteiger partial charge in [0.25, 0.3) is 0 Å². The van der Waals surface area contributed by atoms with Crippen LogP contribution in [0.25, 0.3) is 22.6 Å². The van der Waals surface area contributed by atoms with Crippen LogP contribution in [-0.2, 0) is 27.2 Å². The van der Waals surface area contributed by atoms with Gasteiger partial charge in [0.05, 0.1) is 12.5 Å². The van der Waals surface area contributed by atoms with Gasteiger partial charge in [-0.05, 0) is 19.2 Å². The number of aromatic nitrogens is 3.